The number of amides is 2. The molecule has 25 heavy (non-hydrogen) atoms. The third kappa shape index (κ3) is 9.69. The summed E-state index contributed by atoms with van der Waals surface area (Å²) in [5.74, 6) is -0.0581. The summed E-state index contributed by atoms with van der Waals surface area (Å²) in [5.41, 5.74) is 0.922. The van der Waals surface area contributed by atoms with Gasteiger partial charge in [0.05, 0.1) is 6.10 Å². The number of hydrogen-bond donors (Lipinski definition) is 2. The Hall–Kier alpha value is -2.12. The van der Waals surface area contributed by atoms with E-state index >= 15 is 0 Å². The maximum absolute atomic E-state index is 12.0. The average Bonchev–Trinajstić information content (AvgIpc) is 2.56. The minimum absolute atomic E-state index is 0.0581. The van der Waals surface area contributed by atoms with Crippen molar-refractivity contribution in [2.75, 3.05) is 40.8 Å². The van der Waals surface area contributed by atoms with E-state index in [9.17, 15) is 14.7 Å². The molecule has 0 bridgehead atoms. The molecule has 0 spiro atoms. The summed E-state index contributed by atoms with van der Waals surface area (Å²) in [5, 5.41) is 12.5. The first kappa shape index (κ1) is 20.9. The lowest BCUT2D eigenvalue weighted by atomic mass is 10.2. The topological polar surface area (TPSA) is 82.1 Å². The molecule has 140 valence electrons. The Morgan fingerprint density at radius 2 is 1.84 bits per heavy atom. The van der Waals surface area contributed by atoms with Gasteiger partial charge >= 0.3 is 6.09 Å². The molecule has 1 aromatic carbocycles. The predicted molar refractivity (Wildman–Crippen MR) is 96.1 cm³/mol. The van der Waals surface area contributed by atoms with Gasteiger partial charge < -0.3 is 25.0 Å². The SMILES string of the molecule is CN(C)C[C@@H](O)CN(C)C(=O)CCCNC(=O)OCc1ccccc1. The number of likely N-dealkylation sites (N-methyl/N-ethyl adjacent to an activating group) is 2. The lowest BCUT2D eigenvalue weighted by Gasteiger charge is -2.23. The van der Waals surface area contributed by atoms with Crippen molar-refractivity contribution in [3.05, 3.63) is 35.9 Å². The minimum Gasteiger partial charge on any atom is -0.445 e. The Morgan fingerprint density at radius 1 is 1.16 bits per heavy atom. The fourth-order valence-corrected chi connectivity index (χ4v) is 2.29. The van der Waals surface area contributed by atoms with Gasteiger partial charge in [-0.1, -0.05) is 30.3 Å². The van der Waals surface area contributed by atoms with Crippen LogP contribution in [0.4, 0.5) is 4.79 Å². The monoisotopic (exact) mass is 351 g/mol. The van der Waals surface area contributed by atoms with Crippen LogP contribution < -0.4 is 5.32 Å². The summed E-state index contributed by atoms with van der Waals surface area (Å²) >= 11 is 0. The van der Waals surface area contributed by atoms with E-state index in [0.717, 1.165) is 5.56 Å². The maximum atomic E-state index is 12.0. The van der Waals surface area contributed by atoms with Crippen LogP contribution >= 0.6 is 0 Å². The van der Waals surface area contributed by atoms with Crippen molar-refractivity contribution >= 4 is 12.0 Å². The number of rotatable bonds is 10. The Balaban J connectivity index is 2.13. The first-order valence-corrected chi connectivity index (χ1v) is 8.39. The molecular formula is C18H29N3O4. The van der Waals surface area contributed by atoms with Crippen molar-refractivity contribution in [2.24, 2.45) is 0 Å². The van der Waals surface area contributed by atoms with Gasteiger partial charge in [0.25, 0.3) is 0 Å². The number of carbonyl (C=O) groups is 2. The molecule has 0 aliphatic rings. The number of benzene rings is 1. The average molecular weight is 351 g/mol. The summed E-state index contributed by atoms with van der Waals surface area (Å²) in [4.78, 5) is 26.9. The van der Waals surface area contributed by atoms with E-state index in [-0.39, 0.29) is 12.5 Å². The van der Waals surface area contributed by atoms with Crippen molar-refractivity contribution in [2.45, 2.75) is 25.6 Å². The molecule has 0 unspecified atom stereocenters. The Morgan fingerprint density at radius 3 is 2.48 bits per heavy atom. The van der Waals surface area contributed by atoms with Gasteiger partial charge in [0.1, 0.15) is 6.61 Å². The van der Waals surface area contributed by atoms with Gasteiger partial charge in [-0.15, -0.1) is 0 Å². The van der Waals surface area contributed by atoms with Gasteiger partial charge in [0, 0.05) is 33.1 Å². The highest BCUT2D eigenvalue weighted by molar-refractivity contribution is 5.76. The summed E-state index contributed by atoms with van der Waals surface area (Å²) in [6.45, 7) is 1.39. The number of ether oxygens (including phenoxy) is 1. The van der Waals surface area contributed by atoms with E-state index in [1.165, 1.54) is 4.90 Å². The predicted octanol–water partition coefficient (Wildman–Crippen LogP) is 1.07. The van der Waals surface area contributed by atoms with E-state index in [1.54, 1.807) is 7.05 Å². The molecule has 0 fully saturated rings. The van der Waals surface area contributed by atoms with Gasteiger partial charge in [-0.2, -0.15) is 0 Å². The fourth-order valence-electron chi connectivity index (χ4n) is 2.29. The second kappa shape index (κ2) is 11.4. The van der Waals surface area contributed by atoms with Crippen LogP contribution in [0, 0.1) is 0 Å². The second-order valence-electron chi connectivity index (χ2n) is 6.28. The van der Waals surface area contributed by atoms with E-state index in [2.05, 4.69) is 5.32 Å². The van der Waals surface area contributed by atoms with E-state index in [1.807, 2.05) is 49.3 Å². The van der Waals surface area contributed by atoms with Gasteiger partial charge in [-0.25, -0.2) is 4.79 Å². The standard InChI is InChI=1S/C18H29N3O4/c1-20(2)12-16(22)13-21(3)17(23)10-7-11-19-18(24)25-14-15-8-5-4-6-9-15/h4-6,8-9,16,22H,7,10-14H2,1-3H3,(H,19,24)/t16-/m1/s1. The van der Waals surface area contributed by atoms with Gasteiger partial charge in [-0.05, 0) is 26.1 Å². The maximum Gasteiger partial charge on any atom is 0.407 e. The van der Waals surface area contributed by atoms with E-state index < -0.39 is 12.2 Å². The molecular weight excluding hydrogens is 322 g/mol. The number of aliphatic hydroxyl groups excluding tert-OH is 1. The highest BCUT2D eigenvalue weighted by Crippen LogP contribution is 2.01. The largest absolute Gasteiger partial charge is 0.445 e. The lowest BCUT2D eigenvalue weighted by molar-refractivity contribution is -0.131. The first-order valence-electron chi connectivity index (χ1n) is 8.39. The number of aliphatic hydroxyl groups is 1. The number of nitrogens with one attached hydrogen (secondary N) is 1. The Kier molecular flexibility index (Phi) is 9.57. The lowest BCUT2D eigenvalue weighted by Crippen LogP contribution is -2.39. The molecule has 0 aromatic heterocycles. The number of carbonyl (C=O) groups excluding carboxylic acids is 2. The van der Waals surface area contributed by atoms with Crippen LogP contribution in [0.2, 0.25) is 0 Å². The summed E-state index contributed by atoms with van der Waals surface area (Å²) < 4.78 is 5.09. The van der Waals surface area contributed by atoms with Crippen molar-refractivity contribution in [3.63, 3.8) is 0 Å². The molecule has 0 saturated heterocycles. The fraction of sp³-hybridized carbons (Fsp3) is 0.556. The van der Waals surface area contributed by atoms with Crippen LogP contribution in [0.3, 0.4) is 0 Å². The molecule has 2 N–H and O–H groups in total. The molecule has 1 rings (SSSR count). The van der Waals surface area contributed by atoms with E-state index in [0.29, 0.717) is 32.5 Å². The van der Waals surface area contributed by atoms with Crippen molar-refractivity contribution in [1.29, 1.82) is 0 Å². The summed E-state index contributed by atoms with van der Waals surface area (Å²) in [6.07, 6.45) is -0.238. The molecule has 2 amide bonds. The number of nitrogens with zero attached hydrogens (tertiary/aromatic N) is 2. The van der Waals surface area contributed by atoms with Crippen LogP contribution in [-0.2, 0) is 16.1 Å². The zero-order valence-electron chi connectivity index (χ0n) is 15.3. The molecule has 1 atom stereocenters. The zero-order valence-corrected chi connectivity index (χ0v) is 15.3. The van der Waals surface area contributed by atoms with Gasteiger partial charge in [-0.3, -0.25) is 4.79 Å². The highest BCUT2D eigenvalue weighted by Gasteiger charge is 2.14. The highest BCUT2D eigenvalue weighted by atomic mass is 16.5. The summed E-state index contributed by atoms with van der Waals surface area (Å²) in [7, 11) is 5.41. The molecule has 0 saturated carbocycles. The third-order valence-corrected chi connectivity index (χ3v) is 3.54. The zero-order chi connectivity index (χ0) is 18.7. The molecule has 0 heterocycles. The third-order valence-electron chi connectivity index (χ3n) is 3.54. The minimum atomic E-state index is -0.574. The van der Waals surface area contributed by atoms with Gasteiger partial charge in [0.15, 0.2) is 0 Å². The molecule has 7 nitrogen and oxygen atoms in total. The molecule has 0 radical (unpaired) electrons. The second-order valence-corrected chi connectivity index (χ2v) is 6.28. The van der Waals surface area contributed by atoms with Crippen LogP contribution in [-0.4, -0.2) is 73.8 Å². The molecule has 0 aliphatic carbocycles. The number of alkyl carbamates (subject to hydrolysis) is 1. The Bertz CT molecular complexity index is 522. The quantitative estimate of drug-likeness (QED) is 0.616. The molecule has 0 aliphatic heterocycles. The normalized spacial score (nSPS) is 11.9. The smallest absolute Gasteiger partial charge is 0.407 e. The van der Waals surface area contributed by atoms with Crippen LogP contribution in [0.25, 0.3) is 0 Å². The molecule has 1 aromatic rings. The van der Waals surface area contributed by atoms with Crippen LogP contribution in [0.5, 0.6) is 0 Å². The van der Waals surface area contributed by atoms with E-state index in [4.69, 9.17) is 4.74 Å². The van der Waals surface area contributed by atoms with Crippen LogP contribution in [0.1, 0.15) is 18.4 Å². The first-order chi connectivity index (χ1) is 11.9. The van der Waals surface area contributed by atoms with Crippen molar-refractivity contribution in [1.82, 2.24) is 15.1 Å². The van der Waals surface area contributed by atoms with Gasteiger partial charge in [0.2, 0.25) is 5.91 Å². The number of hydrogen-bond acceptors (Lipinski definition) is 5. The van der Waals surface area contributed by atoms with Crippen molar-refractivity contribution in [3.8, 4) is 0 Å². The summed E-state index contributed by atoms with van der Waals surface area (Å²) in [6, 6.07) is 9.43. The Labute approximate surface area is 149 Å². The van der Waals surface area contributed by atoms with Crippen molar-refractivity contribution < 1.29 is 19.4 Å². The molecule has 7 heteroatoms. The van der Waals surface area contributed by atoms with Crippen LogP contribution in [0.15, 0.2) is 30.3 Å².